The number of nitrogens with two attached hydrogens (primary N) is 1. The Bertz CT molecular complexity index is 377. The van der Waals surface area contributed by atoms with Gasteiger partial charge < -0.3 is 15.2 Å². The molecule has 0 bridgehead atoms. The molecule has 0 saturated heterocycles. The molecule has 94 valence electrons. The van der Waals surface area contributed by atoms with Crippen LogP contribution < -0.4 is 5.73 Å². The van der Waals surface area contributed by atoms with E-state index in [9.17, 15) is 4.79 Å². The van der Waals surface area contributed by atoms with Crippen LogP contribution in [0.1, 0.15) is 29.3 Å². The van der Waals surface area contributed by atoms with E-state index in [0.717, 1.165) is 5.56 Å². The van der Waals surface area contributed by atoms with Crippen molar-refractivity contribution in [1.29, 1.82) is 0 Å². The van der Waals surface area contributed by atoms with Gasteiger partial charge in [-0.15, -0.1) is 0 Å². The fourth-order valence-electron chi connectivity index (χ4n) is 1.32. The first-order chi connectivity index (χ1) is 8.15. The van der Waals surface area contributed by atoms with Gasteiger partial charge in [-0.05, 0) is 31.5 Å². The highest BCUT2D eigenvalue weighted by Gasteiger charge is 2.07. The molecule has 0 fully saturated rings. The molecule has 0 amide bonds. The molecule has 0 radical (unpaired) electrons. The second-order valence-electron chi connectivity index (χ2n) is 3.76. The Hall–Kier alpha value is -1.55. The highest BCUT2D eigenvalue weighted by atomic mass is 16.5. The quantitative estimate of drug-likeness (QED) is 0.468. The lowest BCUT2D eigenvalue weighted by Gasteiger charge is -2.06. The molecule has 4 heteroatoms. The number of aryl methyl sites for hydroxylation is 1. The van der Waals surface area contributed by atoms with Gasteiger partial charge in [-0.3, -0.25) is 0 Å². The molecule has 0 aliphatic heterocycles. The Kier molecular flexibility index (Phi) is 5.49. The van der Waals surface area contributed by atoms with Crippen LogP contribution >= 0.6 is 0 Å². The highest BCUT2D eigenvalue weighted by molar-refractivity contribution is 5.90. The molecule has 0 atom stereocenters. The second kappa shape index (κ2) is 6.91. The van der Waals surface area contributed by atoms with E-state index in [0.29, 0.717) is 37.5 Å². The van der Waals surface area contributed by atoms with Crippen LogP contribution in [0.4, 0.5) is 5.69 Å². The topological polar surface area (TPSA) is 61.5 Å². The zero-order chi connectivity index (χ0) is 12.7. The molecule has 2 N–H and O–H groups in total. The summed E-state index contributed by atoms with van der Waals surface area (Å²) in [6.45, 7) is 5.49. The first-order valence-corrected chi connectivity index (χ1v) is 5.76. The third kappa shape index (κ3) is 4.44. The number of hydrogen-bond acceptors (Lipinski definition) is 4. The fourth-order valence-corrected chi connectivity index (χ4v) is 1.32. The van der Waals surface area contributed by atoms with Gasteiger partial charge in [-0.2, -0.15) is 0 Å². The van der Waals surface area contributed by atoms with Crippen LogP contribution in [0.5, 0.6) is 0 Å². The van der Waals surface area contributed by atoms with Gasteiger partial charge >= 0.3 is 5.97 Å². The number of hydrogen-bond donors (Lipinski definition) is 1. The largest absolute Gasteiger partial charge is 0.462 e. The maximum atomic E-state index is 11.6. The molecule has 0 aliphatic rings. The van der Waals surface area contributed by atoms with Gasteiger partial charge in [0.1, 0.15) is 0 Å². The van der Waals surface area contributed by atoms with Crippen molar-refractivity contribution >= 4 is 11.7 Å². The molecule has 1 aromatic carbocycles. The number of nitrogen functional groups attached to an aromatic ring is 1. The summed E-state index contributed by atoms with van der Waals surface area (Å²) >= 11 is 0. The Morgan fingerprint density at radius 2 is 2.12 bits per heavy atom. The van der Waals surface area contributed by atoms with E-state index in [1.54, 1.807) is 12.1 Å². The SMILES string of the molecule is CCOCCCOC(=O)c1ccc(C)c(N)c1. The molecule has 1 rings (SSSR count). The zero-order valence-corrected chi connectivity index (χ0v) is 10.4. The monoisotopic (exact) mass is 237 g/mol. The molecule has 0 aromatic heterocycles. The van der Waals surface area contributed by atoms with Crippen molar-refractivity contribution in [3.05, 3.63) is 29.3 Å². The highest BCUT2D eigenvalue weighted by Crippen LogP contribution is 2.13. The van der Waals surface area contributed by atoms with E-state index in [1.807, 2.05) is 19.9 Å². The Balaban J connectivity index is 2.39. The van der Waals surface area contributed by atoms with Crippen molar-refractivity contribution in [2.45, 2.75) is 20.3 Å². The molecule has 1 aromatic rings. The number of carbonyl (C=O) groups is 1. The van der Waals surface area contributed by atoms with E-state index in [-0.39, 0.29) is 5.97 Å². The van der Waals surface area contributed by atoms with Gasteiger partial charge in [0.05, 0.1) is 12.2 Å². The summed E-state index contributed by atoms with van der Waals surface area (Å²) in [5, 5.41) is 0. The van der Waals surface area contributed by atoms with Crippen molar-refractivity contribution < 1.29 is 14.3 Å². The summed E-state index contributed by atoms with van der Waals surface area (Å²) in [5.41, 5.74) is 7.78. The summed E-state index contributed by atoms with van der Waals surface area (Å²) < 4.78 is 10.2. The second-order valence-corrected chi connectivity index (χ2v) is 3.76. The number of esters is 1. The van der Waals surface area contributed by atoms with Crippen LogP contribution in [0.15, 0.2) is 18.2 Å². The Labute approximate surface area is 102 Å². The van der Waals surface area contributed by atoms with Gasteiger partial charge in [0.25, 0.3) is 0 Å². The van der Waals surface area contributed by atoms with Gasteiger partial charge in [0, 0.05) is 25.3 Å². The summed E-state index contributed by atoms with van der Waals surface area (Å²) in [4.78, 5) is 11.6. The minimum absolute atomic E-state index is 0.340. The van der Waals surface area contributed by atoms with Crippen LogP contribution in [-0.2, 0) is 9.47 Å². The van der Waals surface area contributed by atoms with Crippen molar-refractivity contribution in [3.63, 3.8) is 0 Å². The Morgan fingerprint density at radius 1 is 1.35 bits per heavy atom. The molecule has 0 saturated carbocycles. The number of carbonyl (C=O) groups excluding carboxylic acids is 1. The summed E-state index contributed by atoms with van der Waals surface area (Å²) in [6, 6.07) is 5.17. The minimum atomic E-state index is -0.340. The van der Waals surface area contributed by atoms with E-state index in [2.05, 4.69) is 0 Å². The number of anilines is 1. The zero-order valence-electron chi connectivity index (χ0n) is 10.4. The molecular weight excluding hydrogens is 218 g/mol. The van der Waals surface area contributed by atoms with Crippen LogP contribution in [0.3, 0.4) is 0 Å². The van der Waals surface area contributed by atoms with Gasteiger partial charge in [-0.1, -0.05) is 6.07 Å². The molecule has 0 heterocycles. The summed E-state index contributed by atoms with van der Waals surface area (Å²) in [7, 11) is 0. The van der Waals surface area contributed by atoms with E-state index >= 15 is 0 Å². The van der Waals surface area contributed by atoms with E-state index < -0.39 is 0 Å². The lowest BCUT2D eigenvalue weighted by atomic mass is 10.1. The van der Waals surface area contributed by atoms with Crippen molar-refractivity contribution in [2.75, 3.05) is 25.6 Å². The maximum Gasteiger partial charge on any atom is 0.338 e. The average molecular weight is 237 g/mol. The van der Waals surface area contributed by atoms with Crippen LogP contribution in [0.2, 0.25) is 0 Å². The maximum absolute atomic E-state index is 11.6. The molecular formula is C13H19NO3. The van der Waals surface area contributed by atoms with Crippen LogP contribution in [-0.4, -0.2) is 25.8 Å². The lowest BCUT2D eigenvalue weighted by molar-refractivity contribution is 0.0452. The number of benzene rings is 1. The predicted octanol–water partition coefficient (Wildman–Crippen LogP) is 2.16. The molecule has 4 nitrogen and oxygen atoms in total. The van der Waals surface area contributed by atoms with Gasteiger partial charge in [0.15, 0.2) is 0 Å². The van der Waals surface area contributed by atoms with Gasteiger partial charge in [0.2, 0.25) is 0 Å². The number of ether oxygens (including phenoxy) is 2. The van der Waals surface area contributed by atoms with E-state index in [4.69, 9.17) is 15.2 Å². The lowest BCUT2D eigenvalue weighted by Crippen LogP contribution is -2.09. The van der Waals surface area contributed by atoms with Crippen LogP contribution in [0, 0.1) is 6.92 Å². The van der Waals surface area contributed by atoms with E-state index in [1.165, 1.54) is 0 Å². The third-order valence-electron chi connectivity index (χ3n) is 2.39. The first kappa shape index (κ1) is 13.5. The van der Waals surface area contributed by atoms with Gasteiger partial charge in [-0.25, -0.2) is 4.79 Å². The third-order valence-corrected chi connectivity index (χ3v) is 2.39. The predicted molar refractivity (Wildman–Crippen MR) is 67.0 cm³/mol. The van der Waals surface area contributed by atoms with Crippen molar-refractivity contribution in [3.8, 4) is 0 Å². The molecule has 0 spiro atoms. The summed E-state index contributed by atoms with van der Waals surface area (Å²) in [5.74, 6) is -0.340. The molecule has 17 heavy (non-hydrogen) atoms. The Morgan fingerprint density at radius 3 is 2.76 bits per heavy atom. The first-order valence-electron chi connectivity index (χ1n) is 5.76. The molecule has 0 unspecified atom stereocenters. The normalized spacial score (nSPS) is 10.2. The standard InChI is InChI=1S/C13H19NO3/c1-3-16-7-4-8-17-13(15)11-6-5-10(2)12(14)9-11/h5-6,9H,3-4,7-8,14H2,1-2H3. The average Bonchev–Trinajstić information content (AvgIpc) is 2.32. The van der Waals surface area contributed by atoms with Crippen molar-refractivity contribution in [1.82, 2.24) is 0 Å². The minimum Gasteiger partial charge on any atom is -0.462 e. The fraction of sp³-hybridized carbons (Fsp3) is 0.462. The van der Waals surface area contributed by atoms with Crippen LogP contribution in [0.25, 0.3) is 0 Å². The summed E-state index contributed by atoms with van der Waals surface area (Å²) in [6.07, 6.45) is 0.709. The van der Waals surface area contributed by atoms with Crippen molar-refractivity contribution in [2.24, 2.45) is 0 Å². The smallest absolute Gasteiger partial charge is 0.338 e. The molecule has 0 aliphatic carbocycles. The number of rotatable bonds is 6.